The maximum atomic E-state index is 8.99. The van der Waals surface area contributed by atoms with Gasteiger partial charge in [0, 0.05) is 6.42 Å². The molecule has 98 valence electrons. The molecular weight excluding hydrogens is 224 g/mol. The number of nitrogens with zero attached hydrogens (tertiary/aromatic N) is 1. The third-order valence-corrected chi connectivity index (χ3v) is 2.86. The van der Waals surface area contributed by atoms with Gasteiger partial charge in [0.2, 0.25) is 0 Å². The normalized spacial score (nSPS) is 11.9. The lowest BCUT2D eigenvalue weighted by atomic mass is 10.1. The first kappa shape index (κ1) is 14.5. The van der Waals surface area contributed by atoms with E-state index in [0.717, 1.165) is 29.8 Å². The average molecular weight is 246 g/mol. The van der Waals surface area contributed by atoms with Gasteiger partial charge in [-0.25, -0.2) is 0 Å². The fraction of sp³-hybridized carbons (Fsp3) is 0.533. The summed E-state index contributed by atoms with van der Waals surface area (Å²) in [5.74, 6) is 0.949. The Bertz CT molecular complexity index is 389. The van der Waals surface area contributed by atoms with Crippen LogP contribution < -0.4 is 10.1 Å². The molecule has 0 amide bonds. The molecule has 0 aromatic heterocycles. The van der Waals surface area contributed by atoms with E-state index < -0.39 is 0 Å². The molecule has 1 rings (SSSR count). The molecule has 0 saturated carbocycles. The van der Waals surface area contributed by atoms with Gasteiger partial charge in [-0.1, -0.05) is 25.1 Å². The minimum absolute atomic E-state index is 0.116. The van der Waals surface area contributed by atoms with Crippen LogP contribution in [0.15, 0.2) is 18.2 Å². The molecular formula is C15H22N2O. The van der Waals surface area contributed by atoms with Crippen LogP contribution in [0, 0.1) is 25.2 Å². The topological polar surface area (TPSA) is 45.0 Å². The Kier molecular flexibility index (Phi) is 6.24. The number of ether oxygens (including phenoxy) is 1. The summed E-state index contributed by atoms with van der Waals surface area (Å²) < 4.78 is 5.79. The number of hydrogen-bond acceptors (Lipinski definition) is 3. The number of hydrogen-bond donors (Lipinski definition) is 1. The molecule has 0 fully saturated rings. The highest BCUT2D eigenvalue weighted by atomic mass is 16.5. The highest BCUT2D eigenvalue weighted by molar-refractivity contribution is 5.39. The van der Waals surface area contributed by atoms with Gasteiger partial charge < -0.3 is 10.1 Å². The van der Waals surface area contributed by atoms with Crippen LogP contribution in [0.5, 0.6) is 5.75 Å². The van der Waals surface area contributed by atoms with Crippen LogP contribution in [0.4, 0.5) is 0 Å². The van der Waals surface area contributed by atoms with Gasteiger partial charge in [0.15, 0.2) is 0 Å². The Hall–Kier alpha value is -1.53. The number of nitriles is 1. The van der Waals surface area contributed by atoms with Crippen molar-refractivity contribution in [1.82, 2.24) is 5.32 Å². The second-order valence-corrected chi connectivity index (χ2v) is 4.49. The van der Waals surface area contributed by atoms with Gasteiger partial charge in [-0.3, -0.25) is 0 Å². The Labute approximate surface area is 110 Å². The van der Waals surface area contributed by atoms with Gasteiger partial charge in [0.1, 0.15) is 5.75 Å². The lowest BCUT2D eigenvalue weighted by molar-refractivity contribution is 0.294. The van der Waals surface area contributed by atoms with Crippen molar-refractivity contribution < 1.29 is 4.74 Å². The molecule has 0 aliphatic heterocycles. The molecule has 0 aliphatic carbocycles. The summed E-state index contributed by atoms with van der Waals surface area (Å²) in [6.07, 6.45) is 1.75. The molecule has 0 aliphatic rings. The summed E-state index contributed by atoms with van der Waals surface area (Å²) in [4.78, 5) is 0. The van der Waals surface area contributed by atoms with E-state index in [2.05, 4.69) is 18.3 Å². The Morgan fingerprint density at radius 1 is 1.33 bits per heavy atom. The predicted octanol–water partition coefficient (Wildman–Crippen LogP) is 2.96. The summed E-state index contributed by atoms with van der Waals surface area (Å²) in [5, 5.41) is 12.2. The van der Waals surface area contributed by atoms with E-state index in [1.807, 2.05) is 32.0 Å². The molecule has 0 radical (unpaired) electrons. The molecule has 1 atom stereocenters. The Morgan fingerprint density at radius 2 is 2.00 bits per heavy atom. The number of nitrogens with one attached hydrogen (secondary N) is 1. The fourth-order valence-corrected chi connectivity index (χ4v) is 1.84. The van der Waals surface area contributed by atoms with Crippen LogP contribution in [0.3, 0.4) is 0 Å². The van der Waals surface area contributed by atoms with E-state index in [0.29, 0.717) is 13.0 Å². The summed E-state index contributed by atoms with van der Waals surface area (Å²) >= 11 is 0. The van der Waals surface area contributed by atoms with Gasteiger partial charge in [-0.2, -0.15) is 5.26 Å². The quantitative estimate of drug-likeness (QED) is 0.804. The van der Waals surface area contributed by atoms with Crippen molar-refractivity contribution in [2.45, 2.75) is 39.7 Å². The molecule has 0 bridgehead atoms. The van der Waals surface area contributed by atoms with Crippen LogP contribution in [0.2, 0.25) is 0 Å². The van der Waals surface area contributed by atoms with E-state index in [1.54, 1.807) is 0 Å². The first-order valence-corrected chi connectivity index (χ1v) is 6.51. The lowest BCUT2D eigenvalue weighted by Gasteiger charge is -2.14. The summed E-state index contributed by atoms with van der Waals surface area (Å²) in [6.45, 7) is 7.62. The van der Waals surface area contributed by atoms with Crippen LogP contribution in [0.1, 0.15) is 30.9 Å². The zero-order valence-corrected chi connectivity index (χ0v) is 11.5. The zero-order valence-electron chi connectivity index (χ0n) is 11.5. The van der Waals surface area contributed by atoms with Crippen molar-refractivity contribution in [1.29, 1.82) is 5.26 Å². The average Bonchev–Trinajstić information content (AvgIpc) is 2.36. The number of benzene rings is 1. The highest BCUT2D eigenvalue weighted by Gasteiger charge is 2.07. The third kappa shape index (κ3) is 4.38. The molecule has 0 spiro atoms. The van der Waals surface area contributed by atoms with E-state index in [9.17, 15) is 0 Å². The van der Waals surface area contributed by atoms with Crippen molar-refractivity contribution in [2.24, 2.45) is 0 Å². The first-order chi connectivity index (χ1) is 8.69. The Morgan fingerprint density at radius 3 is 2.56 bits per heavy atom. The molecule has 3 heteroatoms. The van der Waals surface area contributed by atoms with Gasteiger partial charge in [0.25, 0.3) is 0 Å². The molecule has 0 saturated heterocycles. The summed E-state index contributed by atoms with van der Waals surface area (Å²) in [7, 11) is 0. The molecule has 1 aromatic rings. The van der Waals surface area contributed by atoms with Crippen LogP contribution >= 0.6 is 0 Å². The van der Waals surface area contributed by atoms with Gasteiger partial charge in [-0.15, -0.1) is 0 Å². The second-order valence-electron chi connectivity index (χ2n) is 4.49. The lowest BCUT2D eigenvalue weighted by Crippen LogP contribution is -2.29. The van der Waals surface area contributed by atoms with Crippen LogP contribution in [-0.2, 0) is 0 Å². The molecule has 1 N–H and O–H groups in total. The Balaban J connectivity index is 2.43. The first-order valence-electron chi connectivity index (χ1n) is 6.51. The van der Waals surface area contributed by atoms with Crippen molar-refractivity contribution in [3.8, 4) is 11.8 Å². The maximum Gasteiger partial charge on any atom is 0.125 e. The van der Waals surface area contributed by atoms with Crippen LogP contribution in [-0.4, -0.2) is 19.2 Å². The largest absolute Gasteiger partial charge is 0.493 e. The second kappa shape index (κ2) is 7.73. The number of aryl methyl sites for hydroxylation is 2. The third-order valence-electron chi connectivity index (χ3n) is 2.86. The monoisotopic (exact) mass is 246 g/mol. The molecule has 3 nitrogen and oxygen atoms in total. The van der Waals surface area contributed by atoms with Gasteiger partial charge in [-0.05, 0) is 37.9 Å². The number of rotatable bonds is 7. The van der Waals surface area contributed by atoms with Gasteiger partial charge >= 0.3 is 0 Å². The smallest absolute Gasteiger partial charge is 0.125 e. The van der Waals surface area contributed by atoms with Crippen molar-refractivity contribution in [2.75, 3.05) is 13.2 Å². The highest BCUT2D eigenvalue weighted by Crippen LogP contribution is 2.22. The van der Waals surface area contributed by atoms with Crippen LogP contribution in [0.25, 0.3) is 0 Å². The molecule has 0 heterocycles. The van der Waals surface area contributed by atoms with Crippen molar-refractivity contribution >= 4 is 0 Å². The molecule has 18 heavy (non-hydrogen) atoms. The molecule has 1 aromatic carbocycles. The number of para-hydroxylation sites is 1. The maximum absolute atomic E-state index is 8.99. The van der Waals surface area contributed by atoms with E-state index >= 15 is 0 Å². The van der Waals surface area contributed by atoms with E-state index in [-0.39, 0.29) is 6.04 Å². The minimum atomic E-state index is -0.116. The summed E-state index contributed by atoms with van der Waals surface area (Å²) in [5.41, 5.74) is 2.29. The van der Waals surface area contributed by atoms with E-state index in [1.165, 1.54) is 0 Å². The fourth-order valence-electron chi connectivity index (χ4n) is 1.84. The molecule has 1 unspecified atom stereocenters. The zero-order chi connectivity index (χ0) is 13.4. The van der Waals surface area contributed by atoms with Crippen molar-refractivity contribution in [3.63, 3.8) is 0 Å². The SMILES string of the molecule is CCCNC(C#N)CCOc1c(C)cccc1C. The summed E-state index contributed by atoms with van der Waals surface area (Å²) in [6, 6.07) is 8.25. The van der Waals surface area contributed by atoms with Gasteiger partial charge in [0.05, 0.1) is 18.7 Å². The van der Waals surface area contributed by atoms with E-state index in [4.69, 9.17) is 10.00 Å². The minimum Gasteiger partial charge on any atom is -0.493 e. The standard InChI is InChI=1S/C15H22N2O/c1-4-9-17-14(11-16)8-10-18-15-12(2)6-5-7-13(15)3/h5-7,14,17H,4,8-10H2,1-3H3. The predicted molar refractivity (Wildman–Crippen MR) is 73.7 cm³/mol. The van der Waals surface area contributed by atoms with Crippen molar-refractivity contribution in [3.05, 3.63) is 29.3 Å².